The zero-order chi connectivity index (χ0) is 14.4. The Bertz CT molecular complexity index is 466. The van der Waals surface area contributed by atoms with E-state index in [1.165, 1.54) is 12.5 Å². The maximum absolute atomic E-state index is 13.5. The van der Waals surface area contributed by atoms with Crippen molar-refractivity contribution in [3.05, 3.63) is 29.8 Å². The summed E-state index contributed by atoms with van der Waals surface area (Å²) in [6.07, 6.45) is 7.30. The molecule has 1 aliphatic rings. The van der Waals surface area contributed by atoms with Gasteiger partial charge >= 0.3 is 0 Å². The Morgan fingerprint density at radius 3 is 3.05 bits per heavy atom. The van der Waals surface area contributed by atoms with Crippen LogP contribution in [-0.4, -0.2) is 35.5 Å². The smallest absolute Gasteiger partial charge is 0.191 e. The average molecular weight is 296 g/mol. The molecule has 0 spiro atoms. The molecule has 1 saturated carbocycles. The molecular formula is C14H21FN4S. The lowest BCUT2D eigenvalue weighted by Crippen LogP contribution is -2.42. The molecule has 0 aliphatic heterocycles. The summed E-state index contributed by atoms with van der Waals surface area (Å²) in [5.41, 5.74) is 0.406. The fraction of sp³-hybridized carbons (Fsp3) is 0.571. The van der Waals surface area contributed by atoms with E-state index in [9.17, 15) is 4.39 Å². The van der Waals surface area contributed by atoms with Gasteiger partial charge in [-0.25, -0.2) is 4.39 Å². The maximum Gasteiger partial charge on any atom is 0.191 e. The summed E-state index contributed by atoms with van der Waals surface area (Å²) in [5, 5.41) is 7.25. The van der Waals surface area contributed by atoms with Crippen molar-refractivity contribution in [3.8, 4) is 0 Å². The number of rotatable bonds is 4. The summed E-state index contributed by atoms with van der Waals surface area (Å²) >= 11 is 1.92. The highest BCUT2D eigenvalue weighted by Crippen LogP contribution is 2.27. The molecule has 110 valence electrons. The van der Waals surface area contributed by atoms with Gasteiger partial charge in [0.15, 0.2) is 5.96 Å². The lowest BCUT2D eigenvalue weighted by Gasteiger charge is -2.17. The minimum absolute atomic E-state index is 0.293. The summed E-state index contributed by atoms with van der Waals surface area (Å²) in [6.45, 7) is 0.338. The Labute approximate surface area is 123 Å². The average Bonchev–Trinajstić information content (AvgIpc) is 2.92. The van der Waals surface area contributed by atoms with Gasteiger partial charge < -0.3 is 10.6 Å². The third kappa shape index (κ3) is 4.10. The molecule has 1 aromatic rings. The van der Waals surface area contributed by atoms with Crippen LogP contribution in [0.25, 0.3) is 0 Å². The van der Waals surface area contributed by atoms with Gasteiger partial charge in [0.2, 0.25) is 0 Å². The monoisotopic (exact) mass is 296 g/mol. The van der Waals surface area contributed by atoms with E-state index in [1.807, 2.05) is 11.8 Å². The molecule has 1 aliphatic carbocycles. The maximum atomic E-state index is 13.5. The van der Waals surface area contributed by atoms with Crippen molar-refractivity contribution in [1.82, 2.24) is 15.6 Å². The second-order valence-corrected chi connectivity index (χ2v) is 6.01. The Morgan fingerprint density at radius 1 is 1.55 bits per heavy atom. The Hall–Kier alpha value is -1.30. The number of hydrogen-bond donors (Lipinski definition) is 2. The third-order valence-corrected chi connectivity index (χ3v) is 4.64. The number of hydrogen-bond acceptors (Lipinski definition) is 3. The first kappa shape index (κ1) is 15.1. The van der Waals surface area contributed by atoms with Crippen LogP contribution in [0.1, 0.15) is 25.0 Å². The van der Waals surface area contributed by atoms with E-state index in [0.717, 1.165) is 18.1 Å². The molecule has 0 aromatic carbocycles. The highest BCUT2D eigenvalue weighted by molar-refractivity contribution is 7.99. The molecule has 0 amide bonds. The number of pyridine rings is 1. The van der Waals surface area contributed by atoms with Crippen molar-refractivity contribution in [3.63, 3.8) is 0 Å². The molecule has 6 heteroatoms. The predicted octanol–water partition coefficient (Wildman–Crippen LogP) is 2.17. The Kier molecular flexibility index (Phi) is 5.64. The second-order valence-electron chi connectivity index (χ2n) is 4.87. The topological polar surface area (TPSA) is 49.3 Å². The van der Waals surface area contributed by atoms with Gasteiger partial charge in [0, 0.05) is 24.5 Å². The predicted molar refractivity (Wildman–Crippen MR) is 82.5 cm³/mol. The molecule has 1 fully saturated rings. The summed E-state index contributed by atoms with van der Waals surface area (Å²) in [4.78, 5) is 8.20. The van der Waals surface area contributed by atoms with Crippen molar-refractivity contribution >= 4 is 17.7 Å². The lowest BCUT2D eigenvalue weighted by atomic mass is 10.2. The quantitative estimate of drug-likeness (QED) is 0.660. The molecule has 20 heavy (non-hydrogen) atoms. The van der Waals surface area contributed by atoms with E-state index in [4.69, 9.17) is 0 Å². The molecule has 1 heterocycles. The van der Waals surface area contributed by atoms with Crippen molar-refractivity contribution in [1.29, 1.82) is 0 Å². The Morgan fingerprint density at radius 2 is 2.40 bits per heavy atom. The van der Waals surface area contributed by atoms with E-state index < -0.39 is 0 Å². The zero-order valence-electron chi connectivity index (χ0n) is 11.9. The van der Waals surface area contributed by atoms with Gasteiger partial charge in [0.05, 0.1) is 12.2 Å². The van der Waals surface area contributed by atoms with Crippen LogP contribution in [0, 0.1) is 5.82 Å². The lowest BCUT2D eigenvalue weighted by molar-refractivity contribution is 0.585. The number of nitrogens with one attached hydrogen (secondary N) is 2. The molecule has 1 aromatic heterocycles. The summed E-state index contributed by atoms with van der Waals surface area (Å²) < 4.78 is 13.5. The van der Waals surface area contributed by atoms with Crippen LogP contribution in [0.15, 0.2) is 23.3 Å². The van der Waals surface area contributed by atoms with Gasteiger partial charge in [0.1, 0.15) is 5.82 Å². The van der Waals surface area contributed by atoms with Crippen LogP contribution in [0.2, 0.25) is 0 Å². The molecule has 4 nitrogen and oxygen atoms in total. The molecule has 0 saturated heterocycles. The van der Waals surface area contributed by atoms with Crippen molar-refractivity contribution in [2.45, 2.75) is 37.1 Å². The van der Waals surface area contributed by atoms with Gasteiger partial charge in [-0.05, 0) is 37.7 Å². The highest BCUT2D eigenvalue weighted by Gasteiger charge is 2.24. The zero-order valence-corrected chi connectivity index (χ0v) is 12.7. The van der Waals surface area contributed by atoms with Gasteiger partial charge in [-0.15, -0.1) is 0 Å². The largest absolute Gasteiger partial charge is 0.354 e. The molecule has 2 rings (SSSR count). The van der Waals surface area contributed by atoms with Gasteiger partial charge in [-0.2, -0.15) is 11.8 Å². The van der Waals surface area contributed by atoms with Crippen molar-refractivity contribution in [2.24, 2.45) is 4.99 Å². The molecule has 2 atom stereocenters. The standard InChI is InChI=1S/C14H21FN4S/c1-16-14(19-10-5-6-11(8-10)20-2)18-9-13-12(15)4-3-7-17-13/h3-4,7,10-11H,5-6,8-9H2,1-2H3,(H2,16,18,19). The normalized spacial score (nSPS) is 22.9. The number of halogens is 1. The first-order chi connectivity index (χ1) is 9.72. The number of thioether (sulfide) groups is 1. The number of aromatic nitrogens is 1. The number of aliphatic imine (C=N–C) groups is 1. The fourth-order valence-corrected chi connectivity index (χ4v) is 3.19. The van der Waals surface area contributed by atoms with Gasteiger partial charge in [-0.1, -0.05) is 0 Å². The molecule has 0 radical (unpaired) electrons. The van der Waals surface area contributed by atoms with Crippen LogP contribution >= 0.6 is 11.8 Å². The fourth-order valence-electron chi connectivity index (χ4n) is 2.39. The molecular weight excluding hydrogens is 275 g/mol. The summed E-state index contributed by atoms with van der Waals surface area (Å²) in [7, 11) is 1.73. The molecule has 2 N–H and O–H groups in total. The highest BCUT2D eigenvalue weighted by atomic mass is 32.2. The molecule has 0 bridgehead atoms. The second kappa shape index (κ2) is 7.47. The van der Waals surface area contributed by atoms with Crippen LogP contribution in [0.4, 0.5) is 4.39 Å². The van der Waals surface area contributed by atoms with Gasteiger partial charge in [-0.3, -0.25) is 9.98 Å². The van der Waals surface area contributed by atoms with E-state index >= 15 is 0 Å². The van der Waals surface area contributed by atoms with Gasteiger partial charge in [0.25, 0.3) is 0 Å². The summed E-state index contributed by atoms with van der Waals surface area (Å²) in [6, 6.07) is 3.46. The first-order valence-electron chi connectivity index (χ1n) is 6.82. The molecule has 2 unspecified atom stereocenters. The number of nitrogens with zero attached hydrogens (tertiary/aromatic N) is 2. The minimum Gasteiger partial charge on any atom is -0.354 e. The van der Waals surface area contributed by atoms with E-state index in [2.05, 4.69) is 26.9 Å². The van der Waals surface area contributed by atoms with Crippen LogP contribution in [-0.2, 0) is 6.54 Å². The van der Waals surface area contributed by atoms with Crippen LogP contribution in [0.3, 0.4) is 0 Å². The van der Waals surface area contributed by atoms with Crippen LogP contribution < -0.4 is 10.6 Å². The Balaban J connectivity index is 1.83. The van der Waals surface area contributed by atoms with E-state index in [-0.39, 0.29) is 5.82 Å². The van der Waals surface area contributed by atoms with Crippen LogP contribution in [0.5, 0.6) is 0 Å². The van der Waals surface area contributed by atoms with Crippen molar-refractivity contribution in [2.75, 3.05) is 13.3 Å². The SMILES string of the molecule is CN=C(NCc1ncccc1F)NC1CCC(SC)C1. The summed E-state index contributed by atoms with van der Waals surface area (Å²) in [5.74, 6) is 0.417. The van der Waals surface area contributed by atoms with E-state index in [1.54, 1.807) is 19.3 Å². The minimum atomic E-state index is -0.293. The third-order valence-electron chi connectivity index (χ3n) is 3.54. The number of guanidine groups is 1. The van der Waals surface area contributed by atoms with Crippen molar-refractivity contribution < 1.29 is 4.39 Å². The van der Waals surface area contributed by atoms with E-state index in [0.29, 0.717) is 24.2 Å². The first-order valence-corrected chi connectivity index (χ1v) is 8.11.